The molecule has 0 atom stereocenters. The van der Waals surface area contributed by atoms with Gasteiger partial charge in [-0.3, -0.25) is 0 Å². The Hall–Kier alpha value is -1.09. The molecule has 0 heterocycles. The van der Waals surface area contributed by atoms with Crippen molar-refractivity contribution in [3.05, 3.63) is 57.8 Å². The van der Waals surface area contributed by atoms with Crippen LogP contribution in [0.3, 0.4) is 0 Å². The minimum atomic E-state index is -0.299. The van der Waals surface area contributed by atoms with E-state index < -0.39 is 0 Å². The molecule has 0 saturated carbocycles. The van der Waals surface area contributed by atoms with Gasteiger partial charge in [0, 0.05) is 22.2 Å². The van der Waals surface area contributed by atoms with E-state index in [0.29, 0.717) is 22.2 Å². The average molecular weight is 312 g/mol. The second-order valence-electron chi connectivity index (χ2n) is 4.60. The van der Waals surface area contributed by atoms with Gasteiger partial charge >= 0.3 is 0 Å². The summed E-state index contributed by atoms with van der Waals surface area (Å²) in [4.78, 5) is 0. The quantitative estimate of drug-likeness (QED) is 0.739. The van der Waals surface area contributed by atoms with E-state index in [1.807, 2.05) is 12.1 Å². The summed E-state index contributed by atoms with van der Waals surface area (Å²) >= 11 is 12.2. The summed E-state index contributed by atoms with van der Waals surface area (Å²) in [5.74, 6) is -0.299. The third-order valence-electron chi connectivity index (χ3n) is 3.03. The van der Waals surface area contributed by atoms with E-state index in [9.17, 15) is 4.39 Å². The average Bonchev–Trinajstić information content (AvgIpc) is 2.42. The molecular weight excluding hydrogens is 296 g/mol. The van der Waals surface area contributed by atoms with Crippen molar-refractivity contribution < 1.29 is 4.39 Å². The van der Waals surface area contributed by atoms with Crippen LogP contribution >= 0.6 is 23.2 Å². The lowest BCUT2D eigenvalue weighted by molar-refractivity contribution is 0.628. The molecule has 20 heavy (non-hydrogen) atoms. The first-order chi connectivity index (χ1) is 9.61. The van der Waals surface area contributed by atoms with Crippen LogP contribution in [0.2, 0.25) is 10.0 Å². The molecule has 0 saturated heterocycles. The summed E-state index contributed by atoms with van der Waals surface area (Å²) in [7, 11) is 0. The first-order valence-electron chi connectivity index (χ1n) is 6.56. The third kappa shape index (κ3) is 3.72. The van der Waals surface area contributed by atoms with Crippen LogP contribution in [0.25, 0.3) is 11.1 Å². The second kappa shape index (κ2) is 7.07. The monoisotopic (exact) mass is 311 g/mol. The normalized spacial score (nSPS) is 10.8. The Morgan fingerprint density at radius 1 is 1.05 bits per heavy atom. The Morgan fingerprint density at radius 3 is 2.60 bits per heavy atom. The molecule has 0 aliphatic rings. The molecule has 0 amide bonds. The Balaban J connectivity index is 2.41. The predicted octanol–water partition coefficient (Wildman–Crippen LogP) is 5.30. The lowest BCUT2D eigenvalue weighted by atomic mass is 9.99. The summed E-state index contributed by atoms with van der Waals surface area (Å²) in [5, 5.41) is 4.52. The van der Waals surface area contributed by atoms with Crippen LogP contribution in [0.5, 0.6) is 0 Å². The van der Waals surface area contributed by atoms with Gasteiger partial charge in [-0.1, -0.05) is 36.2 Å². The highest BCUT2D eigenvalue weighted by Crippen LogP contribution is 2.32. The smallest absolute Gasteiger partial charge is 0.123 e. The molecule has 0 bridgehead atoms. The molecule has 0 radical (unpaired) electrons. The summed E-state index contributed by atoms with van der Waals surface area (Å²) < 4.78 is 13.5. The first kappa shape index (κ1) is 15.3. The van der Waals surface area contributed by atoms with Crippen molar-refractivity contribution in [1.29, 1.82) is 0 Å². The van der Waals surface area contributed by atoms with E-state index in [-0.39, 0.29) is 5.82 Å². The maximum absolute atomic E-state index is 13.5. The zero-order chi connectivity index (χ0) is 14.5. The van der Waals surface area contributed by atoms with Crippen LogP contribution in [0.1, 0.15) is 18.9 Å². The van der Waals surface area contributed by atoms with Gasteiger partial charge in [0.25, 0.3) is 0 Å². The van der Waals surface area contributed by atoms with Gasteiger partial charge < -0.3 is 5.32 Å². The molecule has 4 heteroatoms. The molecule has 2 aromatic rings. The van der Waals surface area contributed by atoms with E-state index in [2.05, 4.69) is 12.2 Å². The molecule has 0 unspecified atom stereocenters. The molecule has 0 fully saturated rings. The molecule has 0 aromatic heterocycles. The topological polar surface area (TPSA) is 12.0 Å². The number of hydrogen-bond donors (Lipinski definition) is 1. The van der Waals surface area contributed by atoms with Crippen molar-refractivity contribution in [3.63, 3.8) is 0 Å². The molecule has 106 valence electrons. The van der Waals surface area contributed by atoms with Crippen molar-refractivity contribution >= 4 is 23.2 Å². The molecule has 2 aromatic carbocycles. The standard InChI is InChI=1S/C16H16Cl2FN/c1-2-7-20-10-11-8-12(17)3-5-14(11)15-9-13(19)4-6-16(15)18/h3-6,8-9,20H,2,7,10H2,1H3. The molecule has 2 rings (SSSR count). The van der Waals surface area contributed by atoms with Gasteiger partial charge in [-0.25, -0.2) is 4.39 Å². The Kier molecular flexibility index (Phi) is 5.41. The SMILES string of the molecule is CCCNCc1cc(Cl)ccc1-c1cc(F)ccc1Cl. The van der Waals surface area contributed by atoms with Crippen LogP contribution in [-0.4, -0.2) is 6.54 Å². The van der Waals surface area contributed by atoms with Crippen molar-refractivity contribution in [2.45, 2.75) is 19.9 Å². The Bertz CT molecular complexity index is 599. The van der Waals surface area contributed by atoms with Gasteiger partial charge in [-0.05, 0) is 54.4 Å². The minimum absolute atomic E-state index is 0.299. The second-order valence-corrected chi connectivity index (χ2v) is 5.45. The van der Waals surface area contributed by atoms with Crippen LogP contribution in [0, 0.1) is 5.82 Å². The van der Waals surface area contributed by atoms with Gasteiger partial charge in [0.15, 0.2) is 0 Å². The molecule has 0 aliphatic heterocycles. The predicted molar refractivity (Wildman–Crippen MR) is 83.9 cm³/mol. The third-order valence-corrected chi connectivity index (χ3v) is 3.59. The fourth-order valence-corrected chi connectivity index (χ4v) is 2.49. The molecule has 0 spiro atoms. The number of benzene rings is 2. The lowest BCUT2D eigenvalue weighted by Crippen LogP contribution is -2.14. The van der Waals surface area contributed by atoms with E-state index >= 15 is 0 Å². The van der Waals surface area contributed by atoms with Gasteiger partial charge in [0.05, 0.1) is 0 Å². The zero-order valence-electron chi connectivity index (χ0n) is 11.2. The van der Waals surface area contributed by atoms with Crippen molar-refractivity contribution in [3.8, 4) is 11.1 Å². The minimum Gasteiger partial charge on any atom is -0.313 e. The van der Waals surface area contributed by atoms with Gasteiger partial charge in [-0.15, -0.1) is 0 Å². The van der Waals surface area contributed by atoms with Crippen LogP contribution < -0.4 is 5.32 Å². The fraction of sp³-hybridized carbons (Fsp3) is 0.250. The number of rotatable bonds is 5. The molecule has 1 N–H and O–H groups in total. The van der Waals surface area contributed by atoms with Gasteiger partial charge in [0.1, 0.15) is 5.82 Å². The molecular formula is C16H16Cl2FN. The highest BCUT2D eigenvalue weighted by molar-refractivity contribution is 6.33. The highest BCUT2D eigenvalue weighted by Gasteiger charge is 2.10. The number of nitrogens with one attached hydrogen (secondary N) is 1. The van der Waals surface area contributed by atoms with E-state index in [1.165, 1.54) is 12.1 Å². The summed E-state index contributed by atoms with van der Waals surface area (Å²) in [6, 6.07) is 9.95. The Morgan fingerprint density at radius 2 is 1.85 bits per heavy atom. The van der Waals surface area contributed by atoms with Crippen LogP contribution in [0.15, 0.2) is 36.4 Å². The van der Waals surface area contributed by atoms with Crippen molar-refractivity contribution in [2.75, 3.05) is 6.54 Å². The van der Waals surface area contributed by atoms with Crippen molar-refractivity contribution in [1.82, 2.24) is 5.32 Å². The molecule has 0 aliphatic carbocycles. The summed E-state index contributed by atoms with van der Waals surface area (Å²) in [5.41, 5.74) is 2.61. The summed E-state index contributed by atoms with van der Waals surface area (Å²) in [6.07, 6.45) is 1.05. The number of halogens is 3. The number of hydrogen-bond acceptors (Lipinski definition) is 1. The van der Waals surface area contributed by atoms with E-state index in [4.69, 9.17) is 23.2 Å². The molecule has 1 nitrogen and oxygen atoms in total. The van der Waals surface area contributed by atoms with Crippen LogP contribution in [-0.2, 0) is 6.54 Å². The highest BCUT2D eigenvalue weighted by atomic mass is 35.5. The van der Waals surface area contributed by atoms with Crippen molar-refractivity contribution in [2.24, 2.45) is 0 Å². The van der Waals surface area contributed by atoms with E-state index in [1.54, 1.807) is 12.1 Å². The fourth-order valence-electron chi connectivity index (χ4n) is 2.08. The van der Waals surface area contributed by atoms with Crippen LogP contribution in [0.4, 0.5) is 4.39 Å². The first-order valence-corrected chi connectivity index (χ1v) is 7.32. The lowest BCUT2D eigenvalue weighted by Gasteiger charge is -2.13. The van der Waals surface area contributed by atoms with E-state index in [0.717, 1.165) is 24.1 Å². The maximum Gasteiger partial charge on any atom is 0.123 e. The zero-order valence-corrected chi connectivity index (χ0v) is 12.7. The van der Waals surface area contributed by atoms with Gasteiger partial charge in [-0.2, -0.15) is 0 Å². The van der Waals surface area contributed by atoms with Gasteiger partial charge in [0.2, 0.25) is 0 Å². The summed E-state index contributed by atoms with van der Waals surface area (Å²) in [6.45, 7) is 3.70. The maximum atomic E-state index is 13.5. The Labute approximate surface area is 128 Å². The largest absolute Gasteiger partial charge is 0.313 e.